The lowest BCUT2D eigenvalue weighted by molar-refractivity contribution is -0.128. The molecule has 0 radical (unpaired) electrons. The molecule has 3 nitrogen and oxygen atoms in total. The van der Waals surface area contributed by atoms with Crippen LogP contribution in [0.1, 0.15) is 31.7 Å². The Bertz CT molecular complexity index is 469. The first-order valence-corrected chi connectivity index (χ1v) is 6.32. The normalized spacial score (nSPS) is 25.8. The second-order valence-corrected chi connectivity index (χ2v) is 5.66. The van der Waals surface area contributed by atoms with Gasteiger partial charge in [0.25, 0.3) is 0 Å². The second kappa shape index (κ2) is 4.26. The Labute approximate surface area is 109 Å². The summed E-state index contributed by atoms with van der Waals surface area (Å²) in [7, 11) is 0. The maximum Gasteiger partial charge on any atom is 0.233 e. The summed E-state index contributed by atoms with van der Waals surface area (Å²) in [5.74, 6) is -0.332. The molecule has 4 heteroatoms. The zero-order valence-corrected chi connectivity index (χ0v) is 11.4. The lowest BCUT2D eigenvalue weighted by Crippen LogP contribution is -2.33. The van der Waals surface area contributed by atoms with Gasteiger partial charge >= 0.3 is 0 Å². The molecule has 0 aromatic heterocycles. The van der Waals surface area contributed by atoms with Crippen LogP contribution in [-0.4, -0.2) is 11.8 Å². The van der Waals surface area contributed by atoms with E-state index in [1.807, 2.05) is 38.1 Å². The van der Waals surface area contributed by atoms with E-state index in [0.717, 1.165) is 10.0 Å². The van der Waals surface area contributed by atoms with Crippen molar-refractivity contribution in [3.8, 4) is 0 Å². The molecule has 0 spiro atoms. The molecule has 1 aliphatic heterocycles. The van der Waals surface area contributed by atoms with Crippen molar-refractivity contribution in [3.05, 3.63) is 34.3 Å². The molecule has 0 bridgehead atoms. The fourth-order valence-corrected chi connectivity index (χ4v) is 2.46. The maximum absolute atomic E-state index is 11.8. The van der Waals surface area contributed by atoms with Crippen molar-refractivity contribution < 1.29 is 9.59 Å². The highest BCUT2D eigenvalue weighted by Crippen LogP contribution is 2.41. The van der Waals surface area contributed by atoms with E-state index >= 15 is 0 Å². The standard InChI is InChI=1S/C13H14BrNO2/c1-8(9-3-5-10(14)6-4-9)13(2)7-11(16)15-12(13)17/h3-6,8H,7H2,1-2H3,(H,15,16,17). The van der Waals surface area contributed by atoms with Gasteiger partial charge in [0.1, 0.15) is 0 Å². The number of rotatable bonds is 2. The quantitative estimate of drug-likeness (QED) is 0.853. The summed E-state index contributed by atoms with van der Waals surface area (Å²) in [5.41, 5.74) is 0.436. The average Bonchev–Trinajstić information content (AvgIpc) is 2.54. The molecule has 2 amide bonds. The van der Waals surface area contributed by atoms with Gasteiger partial charge < -0.3 is 0 Å². The Balaban J connectivity index is 2.31. The summed E-state index contributed by atoms with van der Waals surface area (Å²) in [6, 6.07) is 7.86. The first-order chi connectivity index (χ1) is 7.93. The van der Waals surface area contributed by atoms with Gasteiger partial charge in [0.15, 0.2) is 0 Å². The molecule has 1 aliphatic rings. The molecule has 1 fully saturated rings. The second-order valence-electron chi connectivity index (χ2n) is 4.74. The third kappa shape index (κ3) is 2.14. The molecule has 1 aromatic carbocycles. The lowest BCUT2D eigenvalue weighted by Gasteiger charge is -2.28. The molecule has 1 aromatic rings. The van der Waals surface area contributed by atoms with Crippen LogP contribution in [0.5, 0.6) is 0 Å². The van der Waals surface area contributed by atoms with E-state index in [1.165, 1.54) is 0 Å². The molecule has 90 valence electrons. The molecule has 2 unspecified atom stereocenters. The van der Waals surface area contributed by atoms with Gasteiger partial charge in [-0.15, -0.1) is 0 Å². The van der Waals surface area contributed by atoms with Crippen LogP contribution in [0.4, 0.5) is 0 Å². The van der Waals surface area contributed by atoms with Gasteiger partial charge in [0.05, 0.1) is 5.41 Å². The first kappa shape index (κ1) is 12.3. The average molecular weight is 296 g/mol. The Kier molecular flexibility index (Phi) is 3.08. The number of benzene rings is 1. The van der Waals surface area contributed by atoms with Crippen molar-refractivity contribution >= 4 is 27.7 Å². The molecular formula is C13H14BrNO2. The van der Waals surface area contributed by atoms with Gasteiger partial charge in [-0.3, -0.25) is 14.9 Å². The minimum absolute atomic E-state index is 0.0158. The van der Waals surface area contributed by atoms with Crippen molar-refractivity contribution in [3.63, 3.8) is 0 Å². The van der Waals surface area contributed by atoms with Crippen molar-refractivity contribution in [2.24, 2.45) is 5.41 Å². The number of carbonyl (C=O) groups is 2. The number of nitrogens with one attached hydrogen (secondary N) is 1. The van der Waals surface area contributed by atoms with E-state index < -0.39 is 5.41 Å². The van der Waals surface area contributed by atoms with Crippen LogP contribution >= 0.6 is 15.9 Å². The van der Waals surface area contributed by atoms with Crippen LogP contribution in [-0.2, 0) is 9.59 Å². The summed E-state index contributed by atoms with van der Waals surface area (Å²) in [6.45, 7) is 3.83. The van der Waals surface area contributed by atoms with Crippen molar-refractivity contribution in [1.82, 2.24) is 5.32 Å². The summed E-state index contributed by atoms with van der Waals surface area (Å²) >= 11 is 3.38. The fourth-order valence-electron chi connectivity index (χ4n) is 2.20. The van der Waals surface area contributed by atoms with Crippen LogP contribution in [0.25, 0.3) is 0 Å². The Morgan fingerprint density at radius 2 is 1.88 bits per heavy atom. The SMILES string of the molecule is CC(c1ccc(Br)cc1)C1(C)CC(=O)NC1=O. The Hall–Kier alpha value is -1.16. The summed E-state index contributed by atoms with van der Waals surface area (Å²) < 4.78 is 1.01. The minimum Gasteiger partial charge on any atom is -0.296 e. The topological polar surface area (TPSA) is 46.2 Å². The van der Waals surface area contributed by atoms with Crippen LogP contribution in [0, 0.1) is 5.41 Å². The highest BCUT2D eigenvalue weighted by molar-refractivity contribution is 9.10. The van der Waals surface area contributed by atoms with Crippen LogP contribution in [0.3, 0.4) is 0 Å². The smallest absolute Gasteiger partial charge is 0.233 e. The zero-order valence-electron chi connectivity index (χ0n) is 9.79. The van der Waals surface area contributed by atoms with Gasteiger partial charge in [0, 0.05) is 10.9 Å². The lowest BCUT2D eigenvalue weighted by atomic mass is 9.73. The number of carbonyl (C=O) groups excluding carboxylic acids is 2. The van der Waals surface area contributed by atoms with Crippen molar-refractivity contribution in [2.45, 2.75) is 26.2 Å². The maximum atomic E-state index is 11.8. The van der Waals surface area contributed by atoms with E-state index in [2.05, 4.69) is 21.2 Å². The van der Waals surface area contributed by atoms with E-state index in [9.17, 15) is 9.59 Å². The van der Waals surface area contributed by atoms with Crippen LogP contribution in [0.15, 0.2) is 28.7 Å². The van der Waals surface area contributed by atoms with Gasteiger partial charge in [-0.25, -0.2) is 0 Å². The van der Waals surface area contributed by atoms with Gasteiger partial charge in [-0.05, 0) is 30.5 Å². The predicted molar refractivity (Wildman–Crippen MR) is 68.4 cm³/mol. The predicted octanol–water partition coefficient (Wildman–Crippen LogP) is 2.61. The molecule has 2 atom stereocenters. The van der Waals surface area contributed by atoms with Gasteiger partial charge in [0.2, 0.25) is 11.8 Å². The van der Waals surface area contributed by atoms with E-state index in [0.29, 0.717) is 0 Å². The monoisotopic (exact) mass is 295 g/mol. The van der Waals surface area contributed by atoms with Crippen molar-refractivity contribution in [1.29, 1.82) is 0 Å². The van der Waals surface area contributed by atoms with E-state index in [4.69, 9.17) is 0 Å². The molecule has 17 heavy (non-hydrogen) atoms. The Morgan fingerprint density at radius 3 is 2.35 bits per heavy atom. The summed E-state index contributed by atoms with van der Waals surface area (Å²) in [5, 5.41) is 2.38. The molecular weight excluding hydrogens is 282 g/mol. The number of amides is 2. The zero-order chi connectivity index (χ0) is 12.6. The van der Waals surface area contributed by atoms with E-state index in [-0.39, 0.29) is 24.2 Å². The van der Waals surface area contributed by atoms with E-state index in [1.54, 1.807) is 0 Å². The molecule has 1 N–H and O–H groups in total. The summed E-state index contributed by atoms with van der Waals surface area (Å²) in [6.07, 6.45) is 0.267. The third-order valence-corrected chi connectivity index (χ3v) is 4.15. The largest absolute Gasteiger partial charge is 0.296 e. The van der Waals surface area contributed by atoms with Gasteiger partial charge in [-0.2, -0.15) is 0 Å². The Morgan fingerprint density at radius 1 is 1.29 bits per heavy atom. The highest BCUT2D eigenvalue weighted by Gasteiger charge is 2.46. The summed E-state index contributed by atoms with van der Waals surface area (Å²) in [4.78, 5) is 23.2. The molecule has 0 aliphatic carbocycles. The third-order valence-electron chi connectivity index (χ3n) is 3.63. The first-order valence-electron chi connectivity index (χ1n) is 5.53. The van der Waals surface area contributed by atoms with Crippen LogP contribution < -0.4 is 5.32 Å². The highest BCUT2D eigenvalue weighted by atomic mass is 79.9. The number of hydrogen-bond acceptors (Lipinski definition) is 2. The molecule has 0 saturated carbocycles. The molecule has 1 saturated heterocycles. The number of halogens is 1. The fraction of sp³-hybridized carbons (Fsp3) is 0.385. The van der Waals surface area contributed by atoms with Gasteiger partial charge in [-0.1, -0.05) is 35.0 Å². The number of hydrogen-bond donors (Lipinski definition) is 1. The van der Waals surface area contributed by atoms with Crippen LogP contribution in [0.2, 0.25) is 0 Å². The number of imide groups is 1. The minimum atomic E-state index is -0.634. The molecule has 1 heterocycles. The van der Waals surface area contributed by atoms with Crippen molar-refractivity contribution in [2.75, 3.05) is 0 Å². The molecule has 2 rings (SSSR count).